The van der Waals surface area contributed by atoms with Gasteiger partial charge in [-0.05, 0) is 37.0 Å². The molecular weight excluding hydrogens is 290 g/mol. The number of carboxylic acid groups (broad SMARTS) is 1. The average molecular weight is 317 g/mol. The van der Waals surface area contributed by atoms with Crippen molar-refractivity contribution in [1.82, 2.24) is 15.5 Å². The maximum absolute atomic E-state index is 11.3. The van der Waals surface area contributed by atoms with Gasteiger partial charge in [0.25, 0.3) is 0 Å². The summed E-state index contributed by atoms with van der Waals surface area (Å²) in [6.45, 7) is 7.65. The lowest BCUT2D eigenvalue weighted by Crippen LogP contribution is -2.44. The Hall–Kier alpha value is -0.920. The van der Waals surface area contributed by atoms with Crippen molar-refractivity contribution >= 4 is 23.3 Å². The van der Waals surface area contributed by atoms with Gasteiger partial charge in [-0.15, -0.1) is 0 Å². The molecule has 21 heavy (non-hydrogen) atoms. The minimum atomic E-state index is -0.727. The highest BCUT2D eigenvalue weighted by Crippen LogP contribution is 2.22. The fourth-order valence-corrected chi connectivity index (χ4v) is 2.90. The first-order valence-electron chi connectivity index (χ1n) is 7.43. The summed E-state index contributed by atoms with van der Waals surface area (Å²) in [6.07, 6.45) is 1.00. The molecule has 0 aromatic heterocycles. The Bertz CT molecular complexity index is 352. The zero-order valence-electron chi connectivity index (χ0n) is 13.1. The number of nitrogens with one attached hydrogen (secondary N) is 2. The lowest BCUT2D eigenvalue weighted by molar-refractivity contribution is -0.144. The summed E-state index contributed by atoms with van der Waals surface area (Å²) in [5, 5.41) is 16.2. The molecule has 0 amide bonds. The van der Waals surface area contributed by atoms with Gasteiger partial charge in [0, 0.05) is 26.7 Å². The Labute approximate surface area is 132 Å². The molecule has 1 fully saturated rings. The fourth-order valence-electron chi connectivity index (χ4n) is 2.71. The predicted molar refractivity (Wildman–Crippen MR) is 86.4 cm³/mol. The van der Waals surface area contributed by atoms with Crippen molar-refractivity contribution in [3.63, 3.8) is 0 Å². The highest BCUT2D eigenvalue weighted by Gasteiger charge is 2.34. The van der Waals surface area contributed by atoms with Gasteiger partial charge in [-0.25, -0.2) is 0 Å². The van der Waals surface area contributed by atoms with Gasteiger partial charge in [-0.3, -0.25) is 9.69 Å². The number of nitrogens with zero attached hydrogens (tertiary/aromatic N) is 1. The first kappa shape index (κ1) is 18.1. The standard InChI is InChI=1S/C14H27N3O3S/c1-10(2)12(13(18)19)17-6-4-11(9-17)8-16-14(21)15-5-7-20-3/h10-12H,4-9H2,1-3H3,(H,18,19)(H2,15,16,21)/t11-,12?/m0/s1. The third-order valence-electron chi connectivity index (χ3n) is 3.74. The molecule has 0 bridgehead atoms. The van der Waals surface area contributed by atoms with Gasteiger partial charge in [0.15, 0.2) is 5.11 Å². The number of thiocarbonyl (C=S) groups is 1. The molecule has 0 radical (unpaired) electrons. The summed E-state index contributed by atoms with van der Waals surface area (Å²) in [5.74, 6) is -0.172. The van der Waals surface area contributed by atoms with Gasteiger partial charge < -0.3 is 20.5 Å². The molecule has 1 saturated heterocycles. The van der Waals surface area contributed by atoms with E-state index >= 15 is 0 Å². The van der Waals surface area contributed by atoms with Crippen LogP contribution in [0, 0.1) is 11.8 Å². The van der Waals surface area contributed by atoms with Crippen LogP contribution in [0.5, 0.6) is 0 Å². The van der Waals surface area contributed by atoms with E-state index in [0.717, 1.165) is 26.1 Å². The highest BCUT2D eigenvalue weighted by atomic mass is 32.1. The second kappa shape index (κ2) is 9.17. The molecule has 1 heterocycles. The number of hydrogen-bond donors (Lipinski definition) is 3. The van der Waals surface area contributed by atoms with Crippen LogP contribution in [0.2, 0.25) is 0 Å². The molecule has 3 N–H and O–H groups in total. The molecule has 0 saturated carbocycles. The number of hydrogen-bond acceptors (Lipinski definition) is 4. The van der Waals surface area contributed by atoms with Crippen molar-refractivity contribution in [2.24, 2.45) is 11.8 Å². The number of ether oxygens (including phenoxy) is 1. The predicted octanol–water partition coefficient (Wildman–Crippen LogP) is 0.528. The first-order chi connectivity index (χ1) is 9.95. The van der Waals surface area contributed by atoms with Crippen molar-refractivity contribution < 1.29 is 14.6 Å². The molecule has 1 unspecified atom stereocenters. The lowest BCUT2D eigenvalue weighted by atomic mass is 10.0. The van der Waals surface area contributed by atoms with E-state index in [0.29, 0.717) is 24.2 Å². The van der Waals surface area contributed by atoms with Crippen LogP contribution in [0.3, 0.4) is 0 Å². The largest absolute Gasteiger partial charge is 0.480 e. The van der Waals surface area contributed by atoms with E-state index in [9.17, 15) is 9.90 Å². The van der Waals surface area contributed by atoms with Gasteiger partial charge in [0.05, 0.1) is 6.61 Å². The summed E-state index contributed by atoms with van der Waals surface area (Å²) >= 11 is 5.18. The smallest absolute Gasteiger partial charge is 0.321 e. The van der Waals surface area contributed by atoms with Gasteiger partial charge in [0.2, 0.25) is 0 Å². The molecule has 0 aromatic carbocycles. The Kier molecular flexibility index (Phi) is 7.92. The Morgan fingerprint density at radius 2 is 2.19 bits per heavy atom. The maximum atomic E-state index is 11.3. The average Bonchev–Trinajstić information content (AvgIpc) is 2.84. The number of carbonyl (C=O) groups is 1. The fraction of sp³-hybridized carbons (Fsp3) is 0.857. The van der Waals surface area contributed by atoms with E-state index in [1.165, 1.54) is 0 Å². The van der Waals surface area contributed by atoms with Crippen molar-refractivity contribution in [3.05, 3.63) is 0 Å². The maximum Gasteiger partial charge on any atom is 0.321 e. The zero-order valence-corrected chi connectivity index (χ0v) is 13.9. The molecule has 6 nitrogen and oxygen atoms in total. The van der Waals surface area contributed by atoms with Crippen LogP contribution in [-0.4, -0.2) is 67.0 Å². The van der Waals surface area contributed by atoms with Crippen molar-refractivity contribution in [2.75, 3.05) is 39.9 Å². The van der Waals surface area contributed by atoms with E-state index in [2.05, 4.69) is 15.5 Å². The van der Waals surface area contributed by atoms with Gasteiger partial charge in [-0.1, -0.05) is 13.8 Å². The van der Waals surface area contributed by atoms with Crippen LogP contribution in [0.1, 0.15) is 20.3 Å². The van der Waals surface area contributed by atoms with Crippen molar-refractivity contribution in [1.29, 1.82) is 0 Å². The lowest BCUT2D eigenvalue weighted by Gasteiger charge is -2.27. The minimum absolute atomic E-state index is 0.117. The molecule has 0 spiro atoms. The summed E-state index contributed by atoms with van der Waals surface area (Å²) in [7, 11) is 1.65. The van der Waals surface area contributed by atoms with Gasteiger partial charge in [0.1, 0.15) is 6.04 Å². The molecule has 2 atom stereocenters. The number of aliphatic carboxylic acids is 1. The van der Waals surface area contributed by atoms with E-state index in [1.807, 2.05) is 13.8 Å². The summed E-state index contributed by atoms with van der Waals surface area (Å²) in [4.78, 5) is 13.4. The quantitative estimate of drug-likeness (QED) is 0.445. The van der Waals surface area contributed by atoms with Crippen LogP contribution in [0.4, 0.5) is 0 Å². The number of carboxylic acids is 1. The molecule has 1 aliphatic heterocycles. The van der Waals surface area contributed by atoms with Crippen LogP contribution in [0.25, 0.3) is 0 Å². The Morgan fingerprint density at radius 1 is 1.48 bits per heavy atom. The van der Waals surface area contributed by atoms with Crippen molar-refractivity contribution in [2.45, 2.75) is 26.3 Å². The second-order valence-electron chi connectivity index (χ2n) is 5.81. The molecule has 1 aliphatic rings. The normalized spacial score (nSPS) is 20.5. The Morgan fingerprint density at radius 3 is 2.76 bits per heavy atom. The van der Waals surface area contributed by atoms with Crippen LogP contribution in [0.15, 0.2) is 0 Å². The van der Waals surface area contributed by atoms with Gasteiger partial charge in [-0.2, -0.15) is 0 Å². The topological polar surface area (TPSA) is 73.8 Å². The third kappa shape index (κ3) is 6.15. The molecule has 7 heteroatoms. The summed E-state index contributed by atoms with van der Waals surface area (Å²) in [5.41, 5.74) is 0. The first-order valence-corrected chi connectivity index (χ1v) is 7.84. The van der Waals surface area contributed by atoms with Gasteiger partial charge >= 0.3 is 5.97 Å². The summed E-state index contributed by atoms with van der Waals surface area (Å²) in [6, 6.07) is -0.387. The molecule has 0 aromatic rings. The Balaban J connectivity index is 2.31. The number of rotatable bonds is 8. The molecule has 122 valence electrons. The van der Waals surface area contributed by atoms with Crippen molar-refractivity contribution in [3.8, 4) is 0 Å². The molecule has 0 aliphatic carbocycles. The van der Waals surface area contributed by atoms with E-state index in [4.69, 9.17) is 17.0 Å². The third-order valence-corrected chi connectivity index (χ3v) is 4.03. The number of methoxy groups -OCH3 is 1. The van der Waals surface area contributed by atoms with Crippen LogP contribution >= 0.6 is 12.2 Å². The summed E-state index contributed by atoms with van der Waals surface area (Å²) < 4.78 is 4.94. The molecule has 1 rings (SSSR count). The van der Waals surface area contributed by atoms with Crippen LogP contribution in [-0.2, 0) is 9.53 Å². The minimum Gasteiger partial charge on any atom is -0.480 e. The van der Waals surface area contributed by atoms with E-state index in [-0.39, 0.29) is 12.0 Å². The number of likely N-dealkylation sites (tertiary alicyclic amines) is 1. The SMILES string of the molecule is COCCNC(=S)NC[C@@H]1CCN(C(C(=O)O)C(C)C)C1. The van der Waals surface area contributed by atoms with Crippen LogP contribution < -0.4 is 10.6 Å². The molecular formula is C14H27N3O3S. The highest BCUT2D eigenvalue weighted by molar-refractivity contribution is 7.80. The van der Waals surface area contributed by atoms with E-state index in [1.54, 1.807) is 7.11 Å². The van der Waals surface area contributed by atoms with E-state index < -0.39 is 5.97 Å². The monoisotopic (exact) mass is 317 g/mol. The zero-order chi connectivity index (χ0) is 15.8. The second-order valence-corrected chi connectivity index (χ2v) is 6.21.